The molecule has 1 saturated carbocycles. The van der Waals surface area contributed by atoms with Gasteiger partial charge in [-0.05, 0) is 43.2 Å². The number of nitrogens with one attached hydrogen (secondary N) is 1. The van der Waals surface area contributed by atoms with E-state index >= 15 is 0 Å². The van der Waals surface area contributed by atoms with Gasteiger partial charge in [-0.3, -0.25) is 4.90 Å². The Morgan fingerprint density at radius 1 is 1.37 bits per heavy atom. The maximum absolute atomic E-state index is 3.64. The number of hydrogen-bond donors (Lipinski definition) is 1. The Hall–Kier alpha value is -0.380. The molecular weight excluding hydrogens is 252 g/mol. The second kappa shape index (κ2) is 7.41. The summed E-state index contributed by atoms with van der Waals surface area (Å²) in [7, 11) is 0. The largest absolute Gasteiger partial charge is 0.315 e. The molecule has 1 N–H and O–H groups in total. The fourth-order valence-electron chi connectivity index (χ4n) is 2.58. The second-order valence-corrected chi connectivity index (χ2v) is 7.13. The van der Waals surface area contributed by atoms with Gasteiger partial charge in [-0.1, -0.05) is 26.8 Å². The zero-order chi connectivity index (χ0) is 13.7. The molecule has 0 amide bonds. The van der Waals surface area contributed by atoms with Gasteiger partial charge in [0.1, 0.15) is 0 Å². The van der Waals surface area contributed by atoms with Gasteiger partial charge in [-0.15, -0.1) is 11.3 Å². The van der Waals surface area contributed by atoms with Crippen molar-refractivity contribution < 1.29 is 0 Å². The smallest absolute Gasteiger partial charge is 0.0334 e. The van der Waals surface area contributed by atoms with Crippen molar-refractivity contribution in [3.05, 3.63) is 22.4 Å². The summed E-state index contributed by atoms with van der Waals surface area (Å²) in [5.74, 6) is 0.740. The molecule has 1 atom stereocenters. The van der Waals surface area contributed by atoms with Crippen molar-refractivity contribution in [2.24, 2.45) is 5.92 Å². The van der Waals surface area contributed by atoms with Crippen molar-refractivity contribution in [1.82, 2.24) is 10.2 Å². The molecule has 1 aromatic rings. The Labute approximate surface area is 122 Å². The monoisotopic (exact) mass is 280 g/mol. The predicted octanol–water partition coefficient (Wildman–Crippen LogP) is 3.74. The molecule has 1 aliphatic rings. The molecule has 0 aliphatic heterocycles. The summed E-state index contributed by atoms with van der Waals surface area (Å²) in [5, 5.41) is 5.83. The van der Waals surface area contributed by atoms with E-state index in [0.717, 1.165) is 31.6 Å². The molecular formula is C16H28N2S. The minimum Gasteiger partial charge on any atom is -0.315 e. The highest BCUT2D eigenvalue weighted by atomic mass is 32.1. The van der Waals surface area contributed by atoms with E-state index in [4.69, 9.17) is 0 Å². The molecule has 0 bridgehead atoms. The van der Waals surface area contributed by atoms with Crippen LogP contribution in [0.3, 0.4) is 0 Å². The second-order valence-electron chi connectivity index (χ2n) is 6.10. The van der Waals surface area contributed by atoms with Crippen molar-refractivity contribution in [3.63, 3.8) is 0 Å². The Balaban J connectivity index is 1.88. The molecule has 0 spiro atoms. The van der Waals surface area contributed by atoms with E-state index < -0.39 is 0 Å². The van der Waals surface area contributed by atoms with Crippen LogP contribution in [0.15, 0.2) is 17.5 Å². The molecule has 108 valence electrons. The standard InChI is InChI=1S/C16H28N2S/c1-4-14(11-17-10-13(2)3)18(15-7-8-15)12-16-6-5-9-19-16/h5-6,9,13-15,17H,4,7-8,10-12H2,1-3H3. The van der Waals surface area contributed by atoms with Crippen LogP contribution in [-0.4, -0.2) is 30.1 Å². The summed E-state index contributed by atoms with van der Waals surface area (Å²) in [5.41, 5.74) is 0. The summed E-state index contributed by atoms with van der Waals surface area (Å²) < 4.78 is 0. The molecule has 0 aromatic carbocycles. The lowest BCUT2D eigenvalue weighted by molar-refractivity contribution is 0.168. The van der Waals surface area contributed by atoms with Crippen LogP contribution in [0.1, 0.15) is 44.9 Å². The van der Waals surface area contributed by atoms with Crippen molar-refractivity contribution in [2.45, 2.75) is 58.7 Å². The highest BCUT2D eigenvalue weighted by Crippen LogP contribution is 2.31. The van der Waals surface area contributed by atoms with Gasteiger partial charge in [-0.25, -0.2) is 0 Å². The van der Waals surface area contributed by atoms with Crippen LogP contribution >= 0.6 is 11.3 Å². The highest BCUT2D eigenvalue weighted by molar-refractivity contribution is 7.09. The Morgan fingerprint density at radius 3 is 2.68 bits per heavy atom. The van der Waals surface area contributed by atoms with Crippen molar-refractivity contribution >= 4 is 11.3 Å². The average molecular weight is 280 g/mol. The van der Waals surface area contributed by atoms with Gasteiger partial charge in [0, 0.05) is 30.1 Å². The number of rotatable bonds is 9. The number of hydrogen-bond acceptors (Lipinski definition) is 3. The van der Waals surface area contributed by atoms with Gasteiger partial charge in [0.25, 0.3) is 0 Å². The molecule has 2 rings (SSSR count). The topological polar surface area (TPSA) is 15.3 Å². The third kappa shape index (κ3) is 4.90. The van der Waals surface area contributed by atoms with Gasteiger partial charge >= 0.3 is 0 Å². The molecule has 1 aliphatic carbocycles. The lowest BCUT2D eigenvalue weighted by atomic mass is 10.1. The third-order valence-corrected chi connectivity index (χ3v) is 4.67. The van der Waals surface area contributed by atoms with Crippen molar-refractivity contribution in [3.8, 4) is 0 Å². The Kier molecular flexibility index (Phi) is 5.86. The summed E-state index contributed by atoms with van der Waals surface area (Å²) in [6.07, 6.45) is 4.03. The van der Waals surface area contributed by atoms with Gasteiger partial charge in [0.2, 0.25) is 0 Å². The van der Waals surface area contributed by atoms with Gasteiger partial charge in [0.15, 0.2) is 0 Å². The molecule has 1 fully saturated rings. The SMILES string of the molecule is CCC(CNCC(C)C)N(Cc1cccs1)C1CC1. The van der Waals surface area contributed by atoms with Gasteiger partial charge in [0.05, 0.1) is 0 Å². The molecule has 1 unspecified atom stereocenters. The van der Waals surface area contributed by atoms with Gasteiger partial charge < -0.3 is 5.32 Å². The minimum absolute atomic E-state index is 0.688. The predicted molar refractivity (Wildman–Crippen MR) is 84.7 cm³/mol. The van der Waals surface area contributed by atoms with Crippen LogP contribution in [0, 0.1) is 5.92 Å². The molecule has 1 heterocycles. The zero-order valence-corrected chi connectivity index (χ0v) is 13.4. The van der Waals surface area contributed by atoms with E-state index in [9.17, 15) is 0 Å². The maximum atomic E-state index is 3.64. The van der Waals surface area contributed by atoms with E-state index in [0.29, 0.717) is 6.04 Å². The van der Waals surface area contributed by atoms with Crippen molar-refractivity contribution in [1.29, 1.82) is 0 Å². The fraction of sp³-hybridized carbons (Fsp3) is 0.750. The highest BCUT2D eigenvalue weighted by Gasteiger charge is 2.33. The minimum atomic E-state index is 0.688. The Morgan fingerprint density at radius 2 is 2.16 bits per heavy atom. The maximum Gasteiger partial charge on any atom is 0.0334 e. The normalized spacial score (nSPS) is 17.3. The lowest BCUT2D eigenvalue weighted by Crippen LogP contribution is -2.43. The first-order valence-electron chi connectivity index (χ1n) is 7.69. The zero-order valence-electron chi connectivity index (χ0n) is 12.6. The molecule has 0 saturated heterocycles. The summed E-state index contributed by atoms with van der Waals surface area (Å²) in [6.45, 7) is 10.3. The van der Waals surface area contributed by atoms with E-state index in [2.05, 4.69) is 48.5 Å². The van der Waals surface area contributed by atoms with Crippen LogP contribution in [-0.2, 0) is 6.54 Å². The van der Waals surface area contributed by atoms with E-state index in [1.807, 2.05) is 11.3 Å². The summed E-state index contributed by atoms with van der Waals surface area (Å²) >= 11 is 1.89. The molecule has 1 aromatic heterocycles. The molecule has 19 heavy (non-hydrogen) atoms. The summed E-state index contributed by atoms with van der Waals surface area (Å²) in [6, 6.07) is 5.97. The number of nitrogens with zero attached hydrogens (tertiary/aromatic N) is 1. The van der Waals surface area contributed by atoms with Crippen LogP contribution in [0.4, 0.5) is 0 Å². The first kappa shape index (κ1) is 15.0. The van der Waals surface area contributed by atoms with Crippen LogP contribution in [0.5, 0.6) is 0 Å². The molecule has 3 heteroatoms. The summed E-state index contributed by atoms with van der Waals surface area (Å²) in [4.78, 5) is 4.24. The first-order valence-corrected chi connectivity index (χ1v) is 8.57. The van der Waals surface area contributed by atoms with E-state index in [-0.39, 0.29) is 0 Å². The fourth-order valence-corrected chi connectivity index (χ4v) is 3.29. The average Bonchev–Trinajstić information content (AvgIpc) is 3.10. The quantitative estimate of drug-likeness (QED) is 0.741. The third-order valence-electron chi connectivity index (χ3n) is 3.81. The number of thiophene rings is 1. The van der Waals surface area contributed by atoms with Crippen LogP contribution in [0.2, 0.25) is 0 Å². The van der Waals surface area contributed by atoms with E-state index in [1.165, 1.54) is 24.1 Å². The van der Waals surface area contributed by atoms with E-state index in [1.54, 1.807) is 0 Å². The van der Waals surface area contributed by atoms with Crippen molar-refractivity contribution in [2.75, 3.05) is 13.1 Å². The first-order chi connectivity index (χ1) is 9.20. The van der Waals surface area contributed by atoms with Crippen LogP contribution in [0.25, 0.3) is 0 Å². The molecule has 0 radical (unpaired) electrons. The van der Waals surface area contributed by atoms with Gasteiger partial charge in [-0.2, -0.15) is 0 Å². The molecule has 2 nitrogen and oxygen atoms in total. The van der Waals surface area contributed by atoms with Crippen LogP contribution < -0.4 is 5.32 Å². The Bertz CT molecular complexity index is 344. The lowest BCUT2D eigenvalue weighted by Gasteiger charge is -2.31.